The van der Waals surface area contributed by atoms with Crippen LogP contribution in [0.5, 0.6) is 0 Å². The average Bonchev–Trinajstić information content (AvgIpc) is 2.23. The molecule has 0 N–H and O–H groups in total. The third-order valence-corrected chi connectivity index (χ3v) is 3.59. The van der Waals surface area contributed by atoms with Crippen molar-refractivity contribution < 1.29 is 4.79 Å². The Bertz CT molecular complexity index is 298. The molecule has 1 rings (SSSR count). The van der Waals surface area contributed by atoms with E-state index in [1.807, 2.05) is 18.7 Å². The molecule has 0 radical (unpaired) electrons. The van der Waals surface area contributed by atoms with Gasteiger partial charge >= 0.3 is 0 Å². The molecule has 0 unspecified atom stereocenters. The zero-order valence-electron chi connectivity index (χ0n) is 11.3. The highest BCUT2D eigenvalue weighted by Crippen LogP contribution is 2.29. The Hall–Kier alpha value is -1.04. The third kappa shape index (κ3) is 3.73. The summed E-state index contributed by atoms with van der Waals surface area (Å²) >= 11 is 0. The highest BCUT2D eigenvalue weighted by molar-refractivity contribution is 5.82. The number of hydrogen-bond donors (Lipinski definition) is 0. The Kier molecular flexibility index (Phi) is 4.99. The molecule has 3 heteroatoms. The average molecular weight is 236 g/mol. The predicted molar refractivity (Wildman–Crippen MR) is 68.2 cm³/mol. The van der Waals surface area contributed by atoms with Gasteiger partial charge in [-0.25, -0.2) is 0 Å². The molecular formula is C14H24N2O. The molecule has 1 aliphatic heterocycles. The van der Waals surface area contributed by atoms with Gasteiger partial charge in [0.1, 0.15) is 0 Å². The molecule has 1 fully saturated rings. The van der Waals surface area contributed by atoms with Gasteiger partial charge in [-0.1, -0.05) is 46.5 Å². The molecule has 17 heavy (non-hydrogen) atoms. The van der Waals surface area contributed by atoms with Crippen LogP contribution in [0.1, 0.15) is 52.9 Å². The van der Waals surface area contributed by atoms with E-state index >= 15 is 0 Å². The first-order valence-corrected chi connectivity index (χ1v) is 6.70. The third-order valence-electron chi connectivity index (χ3n) is 3.59. The summed E-state index contributed by atoms with van der Waals surface area (Å²) in [6.07, 6.45) is 5.78. The molecule has 3 nitrogen and oxygen atoms in total. The molecule has 0 aromatic heterocycles. The topological polar surface area (TPSA) is 44.1 Å². The molecule has 1 saturated heterocycles. The first-order chi connectivity index (χ1) is 8.01. The molecule has 0 aliphatic carbocycles. The summed E-state index contributed by atoms with van der Waals surface area (Å²) in [7, 11) is 0. The summed E-state index contributed by atoms with van der Waals surface area (Å²) in [5, 5.41) is 8.70. The number of rotatable bonds is 6. The predicted octanol–water partition coefficient (Wildman–Crippen LogP) is 2.96. The Labute approximate surface area is 105 Å². The number of nitrogens with zero attached hydrogens (tertiary/aromatic N) is 2. The van der Waals surface area contributed by atoms with Gasteiger partial charge in [-0.2, -0.15) is 5.26 Å². The summed E-state index contributed by atoms with van der Waals surface area (Å²) in [5.41, 5.74) is -0.256. The molecule has 0 bridgehead atoms. The Morgan fingerprint density at radius 2 is 2.00 bits per heavy atom. The van der Waals surface area contributed by atoms with Crippen LogP contribution in [0.3, 0.4) is 0 Å². The molecule has 0 aromatic carbocycles. The molecule has 0 saturated carbocycles. The van der Waals surface area contributed by atoms with Crippen LogP contribution < -0.4 is 0 Å². The minimum absolute atomic E-state index is 0.0647. The Morgan fingerprint density at radius 3 is 2.53 bits per heavy atom. The number of amides is 1. The first kappa shape index (κ1) is 14.0. The van der Waals surface area contributed by atoms with E-state index in [-0.39, 0.29) is 17.2 Å². The molecule has 1 aliphatic rings. The van der Waals surface area contributed by atoms with Gasteiger partial charge in [0.15, 0.2) is 0 Å². The number of nitriles is 1. The molecule has 1 heterocycles. The van der Waals surface area contributed by atoms with Crippen molar-refractivity contribution in [1.29, 1.82) is 5.26 Å². The summed E-state index contributed by atoms with van der Waals surface area (Å²) in [5.74, 6) is 0.287. The lowest BCUT2D eigenvalue weighted by Gasteiger charge is -2.40. The number of carbonyl (C=O) groups is 1. The summed E-state index contributed by atoms with van der Waals surface area (Å²) in [6, 6.07) is 2.20. The largest absolute Gasteiger partial charge is 0.339 e. The van der Waals surface area contributed by atoms with E-state index in [4.69, 9.17) is 5.26 Å². The van der Waals surface area contributed by atoms with E-state index in [2.05, 4.69) is 13.0 Å². The second-order valence-corrected chi connectivity index (χ2v) is 5.73. The number of hydrogen-bond acceptors (Lipinski definition) is 2. The molecule has 0 atom stereocenters. The highest BCUT2D eigenvalue weighted by atomic mass is 16.2. The van der Waals surface area contributed by atoms with E-state index in [0.29, 0.717) is 13.1 Å². The summed E-state index contributed by atoms with van der Waals surface area (Å²) < 4.78 is 0. The van der Waals surface area contributed by atoms with E-state index in [0.717, 1.165) is 12.8 Å². The molecular weight excluding hydrogens is 212 g/mol. The van der Waals surface area contributed by atoms with Crippen LogP contribution in [0.15, 0.2) is 0 Å². The van der Waals surface area contributed by atoms with Crippen LogP contribution in [0.25, 0.3) is 0 Å². The monoisotopic (exact) mass is 236 g/mol. The van der Waals surface area contributed by atoms with E-state index in [9.17, 15) is 4.79 Å². The zero-order chi connectivity index (χ0) is 12.9. The van der Waals surface area contributed by atoms with Crippen LogP contribution >= 0.6 is 0 Å². The minimum atomic E-state index is -0.256. The fourth-order valence-corrected chi connectivity index (χ4v) is 2.25. The van der Waals surface area contributed by atoms with Crippen molar-refractivity contribution in [2.24, 2.45) is 11.3 Å². The van der Waals surface area contributed by atoms with Crippen LogP contribution in [0, 0.1) is 22.7 Å². The number of likely N-dealkylation sites (tertiary alicyclic amines) is 1. The fourth-order valence-electron chi connectivity index (χ4n) is 2.25. The lowest BCUT2D eigenvalue weighted by Crippen LogP contribution is -2.53. The molecule has 0 spiro atoms. The van der Waals surface area contributed by atoms with Crippen molar-refractivity contribution in [3.05, 3.63) is 0 Å². The lowest BCUT2D eigenvalue weighted by molar-refractivity contribution is -0.146. The zero-order valence-corrected chi connectivity index (χ0v) is 11.3. The molecule has 1 amide bonds. The standard InChI is InChI=1S/C14H24N2O/c1-4-5-6-7-8-14(2,3)13(17)16-10-12(9-15)11-16/h12H,4-8,10-11H2,1-3H3. The first-order valence-electron chi connectivity index (χ1n) is 6.70. The van der Waals surface area contributed by atoms with Crippen molar-refractivity contribution in [3.8, 4) is 6.07 Å². The van der Waals surface area contributed by atoms with Gasteiger partial charge in [-0.15, -0.1) is 0 Å². The van der Waals surface area contributed by atoms with Crippen molar-refractivity contribution in [2.45, 2.75) is 52.9 Å². The van der Waals surface area contributed by atoms with Crippen LogP contribution in [-0.4, -0.2) is 23.9 Å². The van der Waals surface area contributed by atoms with Crippen molar-refractivity contribution in [2.75, 3.05) is 13.1 Å². The summed E-state index contributed by atoms with van der Waals surface area (Å²) in [4.78, 5) is 14.0. The lowest BCUT2D eigenvalue weighted by atomic mass is 9.83. The van der Waals surface area contributed by atoms with Crippen molar-refractivity contribution >= 4 is 5.91 Å². The van der Waals surface area contributed by atoms with Gasteiger partial charge in [0, 0.05) is 18.5 Å². The van der Waals surface area contributed by atoms with Crippen molar-refractivity contribution in [1.82, 2.24) is 4.90 Å². The fraction of sp³-hybridized carbons (Fsp3) is 0.857. The van der Waals surface area contributed by atoms with Crippen LogP contribution in [0.4, 0.5) is 0 Å². The van der Waals surface area contributed by atoms with Gasteiger partial charge < -0.3 is 4.90 Å². The van der Waals surface area contributed by atoms with Gasteiger partial charge in [0.25, 0.3) is 0 Å². The Balaban J connectivity index is 2.32. The number of unbranched alkanes of at least 4 members (excludes halogenated alkanes) is 3. The van der Waals surface area contributed by atoms with Gasteiger partial charge in [-0.3, -0.25) is 4.79 Å². The maximum Gasteiger partial charge on any atom is 0.228 e. The summed E-state index contributed by atoms with van der Waals surface area (Å²) in [6.45, 7) is 7.52. The minimum Gasteiger partial charge on any atom is -0.339 e. The second-order valence-electron chi connectivity index (χ2n) is 5.73. The Morgan fingerprint density at radius 1 is 1.35 bits per heavy atom. The van der Waals surface area contributed by atoms with Gasteiger partial charge in [0.05, 0.1) is 12.0 Å². The number of carbonyl (C=O) groups excluding carboxylic acids is 1. The maximum atomic E-state index is 12.2. The normalized spacial score (nSPS) is 16.5. The van der Waals surface area contributed by atoms with Gasteiger partial charge in [0.2, 0.25) is 5.91 Å². The molecule has 0 aromatic rings. The SMILES string of the molecule is CCCCCCC(C)(C)C(=O)N1CC(C#N)C1. The van der Waals surface area contributed by atoms with E-state index < -0.39 is 0 Å². The van der Waals surface area contributed by atoms with Crippen LogP contribution in [0.2, 0.25) is 0 Å². The maximum absolute atomic E-state index is 12.2. The second kappa shape index (κ2) is 6.05. The van der Waals surface area contributed by atoms with E-state index in [1.54, 1.807) is 0 Å². The van der Waals surface area contributed by atoms with Crippen molar-refractivity contribution in [3.63, 3.8) is 0 Å². The smallest absolute Gasteiger partial charge is 0.228 e. The van der Waals surface area contributed by atoms with Crippen LogP contribution in [-0.2, 0) is 4.79 Å². The highest BCUT2D eigenvalue weighted by Gasteiger charge is 2.38. The molecule has 96 valence electrons. The quantitative estimate of drug-likeness (QED) is 0.665. The van der Waals surface area contributed by atoms with Gasteiger partial charge in [-0.05, 0) is 6.42 Å². The van der Waals surface area contributed by atoms with E-state index in [1.165, 1.54) is 19.3 Å².